The van der Waals surface area contributed by atoms with Gasteiger partial charge in [0.15, 0.2) is 0 Å². The fourth-order valence-corrected chi connectivity index (χ4v) is 3.76. The van der Waals surface area contributed by atoms with Crippen molar-refractivity contribution in [1.82, 2.24) is 10.6 Å². The van der Waals surface area contributed by atoms with Crippen molar-refractivity contribution in [3.63, 3.8) is 0 Å². The van der Waals surface area contributed by atoms with E-state index in [0.29, 0.717) is 19.5 Å². The van der Waals surface area contributed by atoms with Gasteiger partial charge in [0.2, 0.25) is 5.91 Å². The molecule has 0 aromatic heterocycles. The van der Waals surface area contributed by atoms with E-state index in [0.717, 1.165) is 30.4 Å². The molecule has 3 aromatic rings. The Hall–Kier alpha value is -3.91. The number of carbonyl (C=O) groups is 2. The molecule has 0 saturated heterocycles. The van der Waals surface area contributed by atoms with Crippen molar-refractivity contribution >= 4 is 17.6 Å². The number of nitrogens with one attached hydrogen (secondary N) is 2. The van der Waals surface area contributed by atoms with E-state index in [1.165, 1.54) is 11.6 Å². The molecule has 0 heterocycles. The molecular weight excluding hydrogens is 461 g/mol. The molecule has 0 saturated carbocycles. The van der Waals surface area contributed by atoms with Crippen molar-refractivity contribution in [3.05, 3.63) is 95.6 Å². The maximum atomic E-state index is 13.4. The van der Waals surface area contributed by atoms with Gasteiger partial charge in [-0.05, 0) is 54.5 Å². The van der Waals surface area contributed by atoms with Crippen LogP contribution in [0.4, 0.5) is 10.1 Å². The number of aryl methyl sites for hydroxylation is 1. The minimum absolute atomic E-state index is 0.0645. The Kier molecular flexibility index (Phi) is 10.3. The maximum absolute atomic E-state index is 13.4. The average molecular weight is 494 g/mol. The van der Waals surface area contributed by atoms with E-state index in [9.17, 15) is 14.0 Å². The molecule has 7 nitrogen and oxygen atoms in total. The van der Waals surface area contributed by atoms with Gasteiger partial charge >= 0.3 is 12.3 Å². The third kappa shape index (κ3) is 8.70. The molecular formula is C28H32FN3O4. The number of unbranched alkanes of at least 4 members (excludes halogenated alkanes) is 1. The van der Waals surface area contributed by atoms with Crippen LogP contribution in [0.3, 0.4) is 0 Å². The highest BCUT2D eigenvalue weighted by Gasteiger charge is 2.21. The van der Waals surface area contributed by atoms with Gasteiger partial charge in [-0.2, -0.15) is 4.39 Å². The van der Waals surface area contributed by atoms with Gasteiger partial charge in [0, 0.05) is 13.1 Å². The van der Waals surface area contributed by atoms with E-state index in [1.54, 1.807) is 12.1 Å². The van der Waals surface area contributed by atoms with Crippen LogP contribution in [0.2, 0.25) is 0 Å². The van der Waals surface area contributed by atoms with E-state index >= 15 is 0 Å². The summed E-state index contributed by atoms with van der Waals surface area (Å²) >= 11 is 0. The smallest absolute Gasteiger partial charge is 0.378 e. The van der Waals surface area contributed by atoms with E-state index in [4.69, 9.17) is 15.6 Å². The summed E-state index contributed by atoms with van der Waals surface area (Å²) in [6.07, 6.45) is 0.619. The van der Waals surface area contributed by atoms with E-state index in [-0.39, 0.29) is 17.3 Å². The van der Waals surface area contributed by atoms with Crippen LogP contribution in [0.5, 0.6) is 5.75 Å². The lowest BCUT2D eigenvalue weighted by atomic mass is 10.0. The summed E-state index contributed by atoms with van der Waals surface area (Å²) in [7, 11) is 0. The Balaban J connectivity index is 1.58. The number of halogens is 1. The molecule has 0 fully saturated rings. The van der Waals surface area contributed by atoms with Crippen LogP contribution >= 0.6 is 0 Å². The molecule has 0 aliphatic rings. The molecule has 3 rings (SSSR count). The fourth-order valence-electron chi connectivity index (χ4n) is 3.76. The third-order valence-corrected chi connectivity index (χ3v) is 5.68. The highest BCUT2D eigenvalue weighted by Crippen LogP contribution is 2.25. The summed E-state index contributed by atoms with van der Waals surface area (Å²) in [5.41, 5.74) is 9.09. The number of benzene rings is 3. The first-order chi connectivity index (χ1) is 17.4. The average Bonchev–Trinajstić information content (AvgIpc) is 2.88. The molecule has 0 bridgehead atoms. The molecule has 5 N–H and O–H groups in total. The predicted octanol–water partition coefficient (Wildman–Crippen LogP) is 3.87. The van der Waals surface area contributed by atoms with Crippen LogP contribution in [0.15, 0.2) is 78.9 Å². The third-order valence-electron chi connectivity index (χ3n) is 5.68. The molecule has 0 aliphatic heterocycles. The van der Waals surface area contributed by atoms with Gasteiger partial charge in [0.05, 0.1) is 11.7 Å². The first-order valence-corrected chi connectivity index (χ1v) is 11.9. The number of nitrogens with two attached hydrogens (primary N) is 1. The lowest BCUT2D eigenvalue weighted by molar-refractivity contribution is -0.153. The van der Waals surface area contributed by atoms with Crippen molar-refractivity contribution in [1.29, 1.82) is 0 Å². The highest BCUT2D eigenvalue weighted by molar-refractivity contribution is 5.82. The lowest BCUT2D eigenvalue weighted by Gasteiger charge is -2.20. The van der Waals surface area contributed by atoms with Gasteiger partial charge in [-0.1, -0.05) is 66.7 Å². The van der Waals surface area contributed by atoms with Gasteiger partial charge in [0.25, 0.3) is 0 Å². The van der Waals surface area contributed by atoms with Crippen LogP contribution in [-0.4, -0.2) is 35.9 Å². The van der Waals surface area contributed by atoms with Crippen molar-refractivity contribution in [2.24, 2.45) is 0 Å². The largest absolute Gasteiger partial charge is 0.476 e. The Morgan fingerprint density at radius 3 is 2.22 bits per heavy atom. The molecule has 190 valence electrons. The molecule has 1 amide bonds. The van der Waals surface area contributed by atoms with Crippen LogP contribution in [0, 0.1) is 0 Å². The molecule has 0 radical (unpaired) electrons. The van der Waals surface area contributed by atoms with Gasteiger partial charge in [-0.25, -0.2) is 4.79 Å². The number of hydrogen-bond acceptors (Lipinski definition) is 5. The zero-order valence-electron chi connectivity index (χ0n) is 20.0. The summed E-state index contributed by atoms with van der Waals surface area (Å²) in [4.78, 5) is 23.7. The van der Waals surface area contributed by atoms with Crippen molar-refractivity contribution in [3.8, 4) is 5.75 Å². The number of carbonyl (C=O) groups excluding carboxylic acids is 1. The minimum atomic E-state index is -2.51. The Morgan fingerprint density at radius 1 is 0.917 bits per heavy atom. The topological polar surface area (TPSA) is 114 Å². The van der Waals surface area contributed by atoms with Crippen LogP contribution in [0.1, 0.15) is 29.5 Å². The second-order valence-corrected chi connectivity index (χ2v) is 8.50. The number of carboxylic acid groups (broad SMARTS) is 1. The number of hydrogen-bond donors (Lipinski definition) is 4. The standard InChI is InChI=1S/C28H32FN3O4/c29-26(28(34)35)36-25-15-14-22(17-23(25)30)18-24(32-19-21-12-5-2-6-13-21)27(33)31-16-8-7-11-20-9-3-1-4-10-20/h1-6,9-10,12-15,17,24,26,32H,7-8,11,16,18-19,30H2,(H,31,33)(H,34,35)/t24-,26?/m0/s1. The number of ether oxygens (including phenoxy) is 1. The first-order valence-electron chi connectivity index (χ1n) is 11.9. The maximum Gasteiger partial charge on any atom is 0.378 e. The zero-order chi connectivity index (χ0) is 25.8. The molecule has 36 heavy (non-hydrogen) atoms. The van der Waals surface area contributed by atoms with Gasteiger partial charge < -0.3 is 26.2 Å². The van der Waals surface area contributed by atoms with Crippen LogP contribution in [-0.2, 0) is 29.0 Å². The lowest BCUT2D eigenvalue weighted by Crippen LogP contribution is -2.45. The van der Waals surface area contributed by atoms with Gasteiger partial charge in [-0.3, -0.25) is 4.79 Å². The van der Waals surface area contributed by atoms with Crippen LogP contribution in [0.25, 0.3) is 0 Å². The number of aliphatic carboxylic acids is 1. The SMILES string of the molecule is Nc1cc(C[C@H](NCc2ccccc2)C(=O)NCCCCc2ccccc2)ccc1OC(F)C(=O)O. The summed E-state index contributed by atoms with van der Waals surface area (Å²) in [5, 5.41) is 15.0. The van der Waals surface area contributed by atoms with Crippen LogP contribution < -0.4 is 21.1 Å². The molecule has 0 aliphatic carbocycles. The van der Waals surface area contributed by atoms with E-state index in [1.807, 2.05) is 48.5 Å². The highest BCUT2D eigenvalue weighted by atomic mass is 19.1. The summed E-state index contributed by atoms with van der Waals surface area (Å²) in [5.74, 6) is -1.92. The van der Waals surface area contributed by atoms with Crippen molar-refractivity contribution in [2.45, 2.75) is 44.6 Å². The zero-order valence-corrected chi connectivity index (χ0v) is 20.0. The minimum Gasteiger partial charge on any atom is -0.476 e. The number of anilines is 1. The number of rotatable bonds is 14. The summed E-state index contributed by atoms with van der Waals surface area (Å²) in [6, 6.07) is 24.1. The number of carboxylic acids is 1. The molecule has 1 unspecified atom stereocenters. The molecule has 2 atom stereocenters. The van der Waals surface area contributed by atoms with Crippen molar-refractivity contribution in [2.75, 3.05) is 12.3 Å². The quantitative estimate of drug-likeness (QED) is 0.200. The first kappa shape index (κ1) is 26.7. The molecule has 3 aromatic carbocycles. The Bertz CT molecular complexity index is 1110. The summed E-state index contributed by atoms with van der Waals surface area (Å²) < 4.78 is 18.1. The normalized spacial score (nSPS) is 12.5. The fraction of sp³-hybridized carbons (Fsp3) is 0.286. The number of nitrogen functional groups attached to an aromatic ring is 1. The number of alkyl halides is 1. The van der Waals surface area contributed by atoms with Gasteiger partial charge in [-0.15, -0.1) is 0 Å². The second kappa shape index (κ2) is 13.8. The Morgan fingerprint density at radius 2 is 1.58 bits per heavy atom. The monoisotopic (exact) mass is 493 g/mol. The number of amides is 1. The van der Waals surface area contributed by atoms with Gasteiger partial charge in [0.1, 0.15) is 5.75 Å². The van der Waals surface area contributed by atoms with E-state index < -0.39 is 18.4 Å². The van der Waals surface area contributed by atoms with Crippen molar-refractivity contribution < 1.29 is 23.8 Å². The summed E-state index contributed by atoms with van der Waals surface area (Å²) in [6.45, 7) is 1.07. The molecule has 0 spiro atoms. The predicted molar refractivity (Wildman–Crippen MR) is 137 cm³/mol. The molecule has 8 heteroatoms. The van der Waals surface area contributed by atoms with E-state index in [2.05, 4.69) is 22.8 Å². The Labute approximate surface area is 210 Å². The second-order valence-electron chi connectivity index (χ2n) is 8.50.